The molecular weight excluding hydrogens is 270 g/mol. The molecule has 0 heterocycles. The van der Waals surface area contributed by atoms with Crippen molar-refractivity contribution in [3.8, 4) is 0 Å². The quantitative estimate of drug-likeness (QED) is 0.616. The summed E-state index contributed by atoms with van der Waals surface area (Å²) in [5.41, 5.74) is 7.31. The molecule has 1 unspecified atom stereocenters. The third-order valence-corrected chi connectivity index (χ3v) is 3.29. The third kappa shape index (κ3) is 4.11. The van der Waals surface area contributed by atoms with Crippen molar-refractivity contribution < 1.29 is 14.3 Å². The first kappa shape index (κ1) is 16.8. The number of hydrogen-bond acceptors (Lipinski definition) is 5. The molecule has 0 radical (unpaired) electrons. The molecule has 0 aliphatic heterocycles. The van der Waals surface area contributed by atoms with E-state index < -0.39 is 12.0 Å². The molecule has 1 atom stereocenters. The molecule has 0 aliphatic rings. The van der Waals surface area contributed by atoms with Gasteiger partial charge in [-0.05, 0) is 39.0 Å². The van der Waals surface area contributed by atoms with Gasteiger partial charge in [-0.2, -0.15) is 0 Å². The van der Waals surface area contributed by atoms with Crippen LogP contribution in [0.5, 0.6) is 0 Å². The van der Waals surface area contributed by atoms with Crippen LogP contribution in [-0.2, 0) is 9.53 Å². The third-order valence-electron chi connectivity index (χ3n) is 3.29. The van der Waals surface area contributed by atoms with Gasteiger partial charge >= 0.3 is 5.97 Å². The minimum Gasteiger partial charge on any atom is -0.465 e. The van der Waals surface area contributed by atoms with Gasteiger partial charge in [0, 0.05) is 13.1 Å². The number of ether oxygens (including phenoxy) is 1. The molecule has 1 rings (SSSR count). The van der Waals surface area contributed by atoms with Crippen LogP contribution in [-0.4, -0.2) is 43.0 Å². The Balaban J connectivity index is 2.83. The summed E-state index contributed by atoms with van der Waals surface area (Å²) in [5.74, 6) is -0.433. The van der Waals surface area contributed by atoms with Crippen molar-refractivity contribution >= 4 is 23.3 Å². The van der Waals surface area contributed by atoms with Crippen LogP contribution in [0.15, 0.2) is 18.2 Å². The number of nitrogens with two attached hydrogens (primary N) is 1. The van der Waals surface area contributed by atoms with Crippen LogP contribution in [0.25, 0.3) is 0 Å². The number of nitrogen functional groups attached to an aromatic ring is 1. The maximum Gasteiger partial charge on any atom is 0.337 e. The topological polar surface area (TPSA) is 84.7 Å². The van der Waals surface area contributed by atoms with Crippen molar-refractivity contribution in [1.29, 1.82) is 0 Å². The highest BCUT2D eigenvalue weighted by Crippen LogP contribution is 2.21. The van der Waals surface area contributed by atoms with Crippen LogP contribution in [0.2, 0.25) is 0 Å². The van der Waals surface area contributed by atoms with Crippen molar-refractivity contribution in [2.45, 2.75) is 26.8 Å². The molecule has 21 heavy (non-hydrogen) atoms. The number of carbonyl (C=O) groups excluding carboxylic acids is 2. The standard InChI is InChI=1S/C15H23N3O3/c1-5-18(6-2)14(19)10(3)17-13-8-7-11(9-12(13)16)15(20)21-4/h7-10,17H,5-6,16H2,1-4H3. The van der Waals surface area contributed by atoms with Gasteiger partial charge in [0.05, 0.1) is 24.0 Å². The van der Waals surface area contributed by atoms with Gasteiger partial charge < -0.3 is 20.7 Å². The number of esters is 1. The lowest BCUT2D eigenvalue weighted by Crippen LogP contribution is -2.41. The molecular formula is C15H23N3O3. The lowest BCUT2D eigenvalue weighted by atomic mass is 10.1. The maximum atomic E-state index is 12.2. The number of likely N-dealkylation sites (N-methyl/N-ethyl adjacent to an activating group) is 1. The summed E-state index contributed by atoms with van der Waals surface area (Å²) in [6.07, 6.45) is 0. The normalized spacial score (nSPS) is 11.6. The van der Waals surface area contributed by atoms with E-state index in [0.29, 0.717) is 30.0 Å². The van der Waals surface area contributed by atoms with E-state index in [1.807, 2.05) is 13.8 Å². The fourth-order valence-corrected chi connectivity index (χ4v) is 2.04. The van der Waals surface area contributed by atoms with E-state index in [-0.39, 0.29) is 5.91 Å². The van der Waals surface area contributed by atoms with Crippen molar-refractivity contribution in [2.75, 3.05) is 31.2 Å². The maximum absolute atomic E-state index is 12.2. The first-order valence-corrected chi connectivity index (χ1v) is 6.97. The van der Waals surface area contributed by atoms with E-state index in [0.717, 1.165) is 0 Å². The number of anilines is 2. The minimum absolute atomic E-state index is 0.0106. The molecule has 6 nitrogen and oxygen atoms in total. The first-order valence-electron chi connectivity index (χ1n) is 6.97. The summed E-state index contributed by atoms with van der Waals surface area (Å²) in [6.45, 7) is 6.99. The predicted octanol–water partition coefficient (Wildman–Crippen LogP) is 1.72. The van der Waals surface area contributed by atoms with E-state index in [9.17, 15) is 9.59 Å². The van der Waals surface area contributed by atoms with Crippen molar-refractivity contribution in [1.82, 2.24) is 4.90 Å². The second-order valence-electron chi connectivity index (χ2n) is 4.67. The van der Waals surface area contributed by atoms with Crippen LogP contribution < -0.4 is 11.1 Å². The van der Waals surface area contributed by atoms with Gasteiger partial charge in [0.1, 0.15) is 6.04 Å². The Hall–Kier alpha value is -2.24. The zero-order valence-electron chi connectivity index (χ0n) is 13.0. The second kappa shape index (κ2) is 7.52. The van der Waals surface area contributed by atoms with Crippen LogP contribution >= 0.6 is 0 Å². The molecule has 1 aromatic rings. The van der Waals surface area contributed by atoms with E-state index in [1.165, 1.54) is 13.2 Å². The number of carbonyl (C=O) groups is 2. The Bertz CT molecular complexity index is 513. The summed E-state index contributed by atoms with van der Waals surface area (Å²) in [6, 6.07) is 4.42. The molecule has 0 fully saturated rings. The van der Waals surface area contributed by atoms with Gasteiger partial charge in [-0.25, -0.2) is 4.79 Å². The fourth-order valence-electron chi connectivity index (χ4n) is 2.04. The van der Waals surface area contributed by atoms with Gasteiger partial charge in [0.2, 0.25) is 5.91 Å². The van der Waals surface area contributed by atoms with E-state index in [4.69, 9.17) is 5.73 Å². The Labute approximate surface area is 125 Å². The van der Waals surface area contributed by atoms with Gasteiger partial charge in [0.25, 0.3) is 0 Å². The molecule has 0 spiro atoms. The number of rotatable bonds is 6. The molecule has 0 aromatic heterocycles. The highest BCUT2D eigenvalue weighted by Gasteiger charge is 2.19. The van der Waals surface area contributed by atoms with Crippen molar-refractivity contribution in [2.24, 2.45) is 0 Å². The van der Waals surface area contributed by atoms with E-state index >= 15 is 0 Å². The average Bonchev–Trinajstić information content (AvgIpc) is 2.49. The van der Waals surface area contributed by atoms with E-state index in [2.05, 4.69) is 10.1 Å². The zero-order chi connectivity index (χ0) is 16.0. The molecule has 1 amide bonds. The lowest BCUT2D eigenvalue weighted by Gasteiger charge is -2.24. The highest BCUT2D eigenvalue weighted by molar-refractivity contribution is 5.92. The molecule has 116 valence electrons. The molecule has 6 heteroatoms. The lowest BCUT2D eigenvalue weighted by molar-refractivity contribution is -0.131. The fraction of sp³-hybridized carbons (Fsp3) is 0.467. The van der Waals surface area contributed by atoms with Crippen LogP contribution in [0.3, 0.4) is 0 Å². The largest absolute Gasteiger partial charge is 0.465 e. The average molecular weight is 293 g/mol. The zero-order valence-corrected chi connectivity index (χ0v) is 13.0. The molecule has 0 bridgehead atoms. The highest BCUT2D eigenvalue weighted by atomic mass is 16.5. The summed E-state index contributed by atoms with van der Waals surface area (Å²) in [5, 5.41) is 3.07. The number of nitrogens with zero attached hydrogens (tertiary/aromatic N) is 1. The number of nitrogens with one attached hydrogen (secondary N) is 1. The Morgan fingerprint density at radius 3 is 2.43 bits per heavy atom. The molecule has 3 N–H and O–H groups in total. The summed E-state index contributed by atoms with van der Waals surface area (Å²) < 4.78 is 4.64. The Morgan fingerprint density at radius 1 is 1.33 bits per heavy atom. The molecule has 0 saturated heterocycles. The number of methoxy groups -OCH3 is 1. The molecule has 0 aliphatic carbocycles. The van der Waals surface area contributed by atoms with Gasteiger partial charge in [-0.3, -0.25) is 4.79 Å². The number of hydrogen-bond donors (Lipinski definition) is 2. The Kier molecular flexibility index (Phi) is 6.02. The monoisotopic (exact) mass is 293 g/mol. The van der Waals surface area contributed by atoms with Gasteiger partial charge in [-0.15, -0.1) is 0 Å². The van der Waals surface area contributed by atoms with E-state index in [1.54, 1.807) is 24.0 Å². The predicted molar refractivity (Wildman–Crippen MR) is 83.2 cm³/mol. The molecule has 0 saturated carbocycles. The smallest absolute Gasteiger partial charge is 0.337 e. The van der Waals surface area contributed by atoms with Crippen LogP contribution in [0, 0.1) is 0 Å². The first-order chi connectivity index (χ1) is 9.94. The SMILES string of the molecule is CCN(CC)C(=O)C(C)Nc1ccc(C(=O)OC)cc1N. The second-order valence-corrected chi connectivity index (χ2v) is 4.67. The number of benzene rings is 1. The summed E-state index contributed by atoms with van der Waals surface area (Å²) >= 11 is 0. The van der Waals surface area contributed by atoms with Gasteiger partial charge in [-0.1, -0.05) is 0 Å². The number of amides is 1. The van der Waals surface area contributed by atoms with Crippen LogP contribution in [0.4, 0.5) is 11.4 Å². The van der Waals surface area contributed by atoms with Crippen molar-refractivity contribution in [3.63, 3.8) is 0 Å². The minimum atomic E-state index is -0.444. The van der Waals surface area contributed by atoms with Crippen LogP contribution in [0.1, 0.15) is 31.1 Å². The summed E-state index contributed by atoms with van der Waals surface area (Å²) in [7, 11) is 1.31. The summed E-state index contributed by atoms with van der Waals surface area (Å²) in [4.78, 5) is 25.4. The van der Waals surface area contributed by atoms with Crippen molar-refractivity contribution in [3.05, 3.63) is 23.8 Å². The van der Waals surface area contributed by atoms with Gasteiger partial charge in [0.15, 0.2) is 0 Å². The Morgan fingerprint density at radius 2 is 1.95 bits per heavy atom. The molecule has 1 aromatic carbocycles.